The number of carbonyl (C=O) groups is 1. The molecule has 0 fully saturated rings. The fourth-order valence-corrected chi connectivity index (χ4v) is 4.19. The van der Waals surface area contributed by atoms with Crippen LogP contribution in [0.2, 0.25) is 10.0 Å². The number of hydrogen-bond acceptors (Lipinski definition) is 3. The molecule has 0 unspecified atom stereocenters. The van der Waals surface area contributed by atoms with Gasteiger partial charge >= 0.3 is 0 Å². The quantitative estimate of drug-likeness (QED) is 0.772. The third-order valence-electron chi connectivity index (χ3n) is 3.56. The van der Waals surface area contributed by atoms with Crippen molar-refractivity contribution in [2.45, 2.75) is 31.2 Å². The van der Waals surface area contributed by atoms with Crippen LogP contribution in [-0.4, -0.2) is 20.4 Å². The highest BCUT2D eigenvalue weighted by molar-refractivity contribution is 7.89. The Morgan fingerprint density at radius 1 is 1.16 bits per heavy atom. The van der Waals surface area contributed by atoms with Crippen LogP contribution in [0.15, 0.2) is 47.4 Å². The van der Waals surface area contributed by atoms with Gasteiger partial charge in [0, 0.05) is 10.7 Å². The average molecular weight is 401 g/mol. The van der Waals surface area contributed by atoms with E-state index < -0.39 is 22.0 Å². The first kappa shape index (κ1) is 19.7. The van der Waals surface area contributed by atoms with Crippen molar-refractivity contribution in [1.82, 2.24) is 4.72 Å². The van der Waals surface area contributed by atoms with Crippen molar-refractivity contribution in [2.24, 2.45) is 0 Å². The molecule has 1 amide bonds. The standard InChI is InChI=1S/C17H18Cl2N2O3S/c1-3-12-6-4-5-7-15(12)20-17(22)11(2)21-25(23,24)16-10-13(18)8-9-14(16)19/h4-11,21H,3H2,1-2H3,(H,20,22)/t11-/m1/s1. The maximum atomic E-state index is 12.5. The van der Waals surface area contributed by atoms with Crippen molar-refractivity contribution < 1.29 is 13.2 Å². The van der Waals surface area contributed by atoms with E-state index in [-0.39, 0.29) is 14.9 Å². The fraction of sp³-hybridized carbons (Fsp3) is 0.235. The lowest BCUT2D eigenvalue weighted by Crippen LogP contribution is -2.41. The number of benzene rings is 2. The van der Waals surface area contributed by atoms with Crippen LogP contribution in [0.5, 0.6) is 0 Å². The number of aryl methyl sites for hydroxylation is 1. The van der Waals surface area contributed by atoms with E-state index in [9.17, 15) is 13.2 Å². The molecule has 0 aliphatic heterocycles. The minimum atomic E-state index is -3.99. The molecule has 25 heavy (non-hydrogen) atoms. The molecule has 0 saturated heterocycles. The van der Waals surface area contributed by atoms with Crippen LogP contribution in [0.1, 0.15) is 19.4 Å². The van der Waals surface area contributed by atoms with Crippen LogP contribution >= 0.6 is 23.2 Å². The highest BCUT2D eigenvalue weighted by atomic mass is 35.5. The lowest BCUT2D eigenvalue weighted by atomic mass is 10.1. The highest BCUT2D eigenvalue weighted by Gasteiger charge is 2.24. The lowest BCUT2D eigenvalue weighted by Gasteiger charge is -2.16. The Kier molecular flexibility index (Phi) is 6.46. The number of anilines is 1. The van der Waals surface area contributed by atoms with Gasteiger partial charge in [-0.15, -0.1) is 0 Å². The molecule has 0 aromatic heterocycles. The Morgan fingerprint density at radius 2 is 1.84 bits per heavy atom. The molecule has 8 heteroatoms. The summed E-state index contributed by atoms with van der Waals surface area (Å²) in [6, 6.07) is 10.5. The lowest BCUT2D eigenvalue weighted by molar-refractivity contribution is -0.117. The first-order valence-corrected chi connectivity index (χ1v) is 9.84. The van der Waals surface area contributed by atoms with Gasteiger partial charge in [0.2, 0.25) is 15.9 Å². The number of amides is 1. The van der Waals surface area contributed by atoms with Crippen LogP contribution in [0.25, 0.3) is 0 Å². The van der Waals surface area contributed by atoms with Gasteiger partial charge in [0.05, 0.1) is 11.1 Å². The summed E-state index contributed by atoms with van der Waals surface area (Å²) in [5.41, 5.74) is 1.62. The second-order valence-corrected chi connectivity index (χ2v) is 7.94. The van der Waals surface area contributed by atoms with E-state index in [4.69, 9.17) is 23.2 Å². The van der Waals surface area contributed by atoms with E-state index >= 15 is 0 Å². The van der Waals surface area contributed by atoms with Crippen molar-refractivity contribution in [3.05, 3.63) is 58.1 Å². The van der Waals surface area contributed by atoms with Gasteiger partial charge in [-0.05, 0) is 43.2 Å². The summed E-state index contributed by atoms with van der Waals surface area (Å²) in [4.78, 5) is 12.2. The Hall–Kier alpha value is -1.60. The number of hydrogen-bond donors (Lipinski definition) is 2. The largest absolute Gasteiger partial charge is 0.324 e. The monoisotopic (exact) mass is 400 g/mol. The summed E-state index contributed by atoms with van der Waals surface area (Å²) in [6.45, 7) is 3.43. The van der Waals surface area contributed by atoms with Gasteiger partial charge in [0.1, 0.15) is 4.90 Å². The van der Waals surface area contributed by atoms with Crippen molar-refractivity contribution in [3.8, 4) is 0 Å². The van der Waals surface area contributed by atoms with E-state index in [0.29, 0.717) is 5.69 Å². The zero-order valence-corrected chi connectivity index (χ0v) is 16.0. The molecular formula is C17H18Cl2N2O3S. The molecule has 0 radical (unpaired) electrons. The molecule has 5 nitrogen and oxygen atoms in total. The molecule has 134 valence electrons. The van der Waals surface area contributed by atoms with E-state index in [1.54, 1.807) is 12.1 Å². The zero-order chi connectivity index (χ0) is 18.6. The number of para-hydroxylation sites is 1. The maximum absolute atomic E-state index is 12.5. The smallest absolute Gasteiger partial charge is 0.242 e. The predicted molar refractivity (Wildman–Crippen MR) is 101 cm³/mol. The van der Waals surface area contributed by atoms with Crippen molar-refractivity contribution >= 4 is 44.8 Å². The fourth-order valence-electron chi connectivity index (χ4n) is 2.22. The number of halogens is 2. The predicted octanol–water partition coefficient (Wildman–Crippen LogP) is 3.86. The Labute approximate surface area is 157 Å². The van der Waals surface area contributed by atoms with Gasteiger partial charge in [0.15, 0.2) is 0 Å². The minimum absolute atomic E-state index is 0.0286. The summed E-state index contributed by atoms with van der Waals surface area (Å²) in [5, 5.41) is 3.00. The second kappa shape index (κ2) is 8.19. The van der Waals surface area contributed by atoms with Crippen LogP contribution in [-0.2, 0) is 21.2 Å². The molecule has 0 saturated carbocycles. The minimum Gasteiger partial charge on any atom is -0.324 e. The molecule has 2 N–H and O–H groups in total. The third-order valence-corrected chi connectivity index (χ3v) is 5.82. The highest BCUT2D eigenvalue weighted by Crippen LogP contribution is 2.25. The molecule has 0 aliphatic carbocycles. The molecule has 2 aromatic rings. The van der Waals surface area contributed by atoms with Crippen molar-refractivity contribution in [2.75, 3.05) is 5.32 Å². The van der Waals surface area contributed by atoms with Gasteiger partial charge in [-0.1, -0.05) is 48.3 Å². The van der Waals surface area contributed by atoms with Gasteiger partial charge < -0.3 is 5.32 Å². The van der Waals surface area contributed by atoms with Crippen LogP contribution < -0.4 is 10.0 Å². The summed E-state index contributed by atoms with van der Waals surface area (Å²) in [5.74, 6) is -0.470. The zero-order valence-electron chi connectivity index (χ0n) is 13.7. The average Bonchev–Trinajstić information content (AvgIpc) is 2.57. The Balaban J connectivity index is 2.16. The third kappa shape index (κ3) is 4.95. The summed E-state index contributed by atoms with van der Waals surface area (Å²) in [7, 11) is -3.99. The summed E-state index contributed by atoms with van der Waals surface area (Å²) < 4.78 is 27.2. The SMILES string of the molecule is CCc1ccccc1NC(=O)[C@@H](C)NS(=O)(=O)c1cc(Cl)ccc1Cl. The number of nitrogens with one attached hydrogen (secondary N) is 2. The van der Waals surface area contributed by atoms with Crippen molar-refractivity contribution in [1.29, 1.82) is 0 Å². The topological polar surface area (TPSA) is 75.3 Å². The molecule has 0 heterocycles. The molecule has 0 spiro atoms. The normalized spacial score (nSPS) is 12.6. The molecule has 2 rings (SSSR count). The summed E-state index contributed by atoms with van der Waals surface area (Å²) >= 11 is 11.8. The molecule has 0 bridgehead atoms. The van der Waals surface area contributed by atoms with Crippen molar-refractivity contribution in [3.63, 3.8) is 0 Å². The Bertz CT molecular complexity index is 885. The van der Waals surface area contributed by atoms with E-state index in [2.05, 4.69) is 10.0 Å². The van der Waals surface area contributed by atoms with Gasteiger partial charge in [-0.2, -0.15) is 4.72 Å². The van der Waals surface area contributed by atoms with E-state index in [1.807, 2.05) is 19.1 Å². The second-order valence-electron chi connectivity index (χ2n) is 5.42. The van der Waals surface area contributed by atoms with Crippen LogP contribution in [0.4, 0.5) is 5.69 Å². The number of rotatable bonds is 6. The van der Waals surface area contributed by atoms with Gasteiger partial charge in [-0.25, -0.2) is 8.42 Å². The van der Waals surface area contributed by atoms with E-state index in [0.717, 1.165) is 12.0 Å². The van der Waals surface area contributed by atoms with Crippen LogP contribution in [0, 0.1) is 0 Å². The first-order valence-electron chi connectivity index (χ1n) is 7.60. The van der Waals surface area contributed by atoms with Crippen LogP contribution in [0.3, 0.4) is 0 Å². The molecule has 0 aliphatic rings. The van der Waals surface area contributed by atoms with Gasteiger partial charge in [0.25, 0.3) is 0 Å². The number of sulfonamides is 1. The number of carbonyl (C=O) groups excluding carboxylic acids is 1. The molecule has 2 aromatic carbocycles. The van der Waals surface area contributed by atoms with E-state index in [1.165, 1.54) is 25.1 Å². The molecule has 1 atom stereocenters. The molecular weight excluding hydrogens is 383 g/mol. The Morgan fingerprint density at radius 3 is 2.52 bits per heavy atom. The van der Waals surface area contributed by atoms with Gasteiger partial charge in [-0.3, -0.25) is 4.79 Å². The maximum Gasteiger partial charge on any atom is 0.242 e. The summed E-state index contributed by atoms with van der Waals surface area (Å²) in [6.07, 6.45) is 0.745. The first-order chi connectivity index (χ1) is 11.7.